The molecule has 6 heteroatoms. The van der Waals surface area contributed by atoms with E-state index in [2.05, 4.69) is 15.5 Å². The van der Waals surface area contributed by atoms with Crippen molar-refractivity contribution in [2.45, 2.75) is 63.3 Å². The van der Waals surface area contributed by atoms with Crippen molar-refractivity contribution >= 4 is 34.8 Å². The lowest BCUT2D eigenvalue weighted by atomic mass is 9.95. The molecular formula is C20H28ClN3O2. The minimum Gasteiger partial charge on any atom is -0.371 e. The second kappa shape index (κ2) is 8.76. The second-order valence-corrected chi connectivity index (χ2v) is 7.99. The predicted octanol–water partition coefficient (Wildman–Crippen LogP) is 3.92. The first-order valence-corrected chi connectivity index (χ1v) is 10.1. The van der Waals surface area contributed by atoms with E-state index in [1.54, 1.807) is 13.0 Å². The van der Waals surface area contributed by atoms with Crippen LogP contribution in [0.4, 0.5) is 11.4 Å². The topological polar surface area (TPSA) is 61.4 Å². The Morgan fingerprint density at radius 3 is 2.46 bits per heavy atom. The third kappa shape index (κ3) is 4.70. The van der Waals surface area contributed by atoms with Gasteiger partial charge in [-0.3, -0.25) is 9.59 Å². The summed E-state index contributed by atoms with van der Waals surface area (Å²) in [6.07, 6.45) is 7.98. The predicted molar refractivity (Wildman–Crippen MR) is 106 cm³/mol. The first kappa shape index (κ1) is 19.0. The van der Waals surface area contributed by atoms with Gasteiger partial charge in [-0.1, -0.05) is 19.3 Å². The maximum Gasteiger partial charge on any atom is 0.253 e. The Balaban J connectivity index is 1.82. The highest BCUT2D eigenvalue weighted by atomic mass is 35.5. The molecule has 2 N–H and O–H groups in total. The first-order valence-electron chi connectivity index (χ1n) is 9.69. The molecule has 2 aliphatic rings. The van der Waals surface area contributed by atoms with Crippen LogP contribution in [0.25, 0.3) is 0 Å². The minimum atomic E-state index is -0.618. The summed E-state index contributed by atoms with van der Waals surface area (Å²) in [4.78, 5) is 27.1. The summed E-state index contributed by atoms with van der Waals surface area (Å²) in [5, 5.41) is 5.37. The lowest BCUT2D eigenvalue weighted by Gasteiger charge is -2.26. The molecule has 1 aromatic rings. The van der Waals surface area contributed by atoms with Gasteiger partial charge in [0.05, 0.1) is 5.56 Å². The van der Waals surface area contributed by atoms with Crippen LogP contribution in [0.3, 0.4) is 0 Å². The van der Waals surface area contributed by atoms with Crippen LogP contribution in [0.2, 0.25) is 0 Å². The summed E-state index contributed by atoms with van der Waals surface area (Å²) in [7, 11) is 0. The second-order valence-electron chi connectivity index (χ2n) is 7.34. The molecule has 2 fully saturated rings. The van der Waals surface area contributed by atoms with Gasteiger partial charge in [0, 0.05) is 30.5 Å². The smallest absolute Gasteiger partial charge is 0.253 e. The number of anilines is 2. The average molecular weight is 378 g/mol. The number of alkyl halides is 1. The van der Waals surface area contributed by atoms with E-state index in [9.17, 15) is 9.59 Å². The van der Waals surface area contributed by atoms with Crippen molar-refractivity contribution in [2.75, 3.05) is 23.3 Å². The molecule has 1 aliphatic carbocycles. The number of halogens is 1. The number of amides is 2. The van der Waals surface area contributed by atoms with E-state index < -0.39 is 5.38 Å². The Kier molecular flexibility index (Phi) is 6.41. The molecule has 0 bridgehead atoms. The van der Waals surface area contributed by atoms with E-state index in [4.69, 9.17) is 11.6 Å². The number of nitrogens with zero attached hydrogens (tertiary/aromatic N) is 1. The molecule has 1 saturated carbocycles. The number of hydrogen-bond donors (Lipinski definition) is 2. The van der Waals surface area contributed by atoms with E-state index in [1.165, 1.54) is 19.3 Å². The standard InChI is InChI=1S/C20H28ClN3O2/c1-14(21)19(25)23-16-9-10-18(24-11-5-6-12-24)17(13-16)20(26)22-15-7-3-2-4-8-15/h9-10,13-15H,2-8,11-12H2,1H3,(H,22,26)(H,23,25)/t14-/m0/s1. The van der Waals surface area contributed by atoms with Crippen LogP contribution < -0.4 is 15.5 Å². The van der Waals surface area contributed by atoms with Crippen LogP contribution in [0.1, 0.15) is 62.2 Å². The summed E-state index contributed by atoms with van der Waals surface area (Å²) in [5.74, 6) is -0.312. The molecule has 1 aliphatic heterocycles. The molecule has 1 atom stereocenters. The molecule has 0 unspecified atom stereocenters. The number of hydrogen-bond acceptors (Lipinski definition) is 3. The van der Waals surface area contributed by atoms with Gasteiger partial charge in [-0.15, -0.1) is 11.6 Å². The van der Waals surface area contributed by atoms with Crippen LogP contribution in [-0.4, -0.2) is 36.3 Å². The molecule has 1 heterocycles. The van der Waals surface area contributed by atoms with Gasteiger partial charge in [-0.05, 0) is 50.8 Å². The highest BCUT2D eigenvalue weighted by Gasteiger charge is 2.23. The fraction of sp³-hybridized carbons (Fsp3) is 0.600. The van der Waals surface area contributed by atoms with Crippen molar-refractivity contribution in [1.82, 2.24) is 5.32 Å². The molecular weight excluding hydrogens is 350 g/mol. The van der Waals surface area contributed by atoms with Crippen LogP contribution >= 0.6 is 11.6 Å². The van der Waals surface area contributed by atoms with Gasteiger partial charge >= 0.3 is 0 Å². The molecule has 0 aromatic heterocycles. The van der Waals surface area contributed by atoms with E-state index in [-0.39, 0.29) is 17.9 Å². The number of nitrogens with one attached hydrogen (secondary N) is 2. The summed E-state index contributed by atoms with van der Waals surface area (Å²) in [5.41, 5.74) is 2.20. The molecule has 0 spiro atoms. The number of carbonyl (C=O) groups is 2. The lowest BCUT2D eigenvalue weighted by molar-refractivity contribution is -0.115. The largest absolute Gasteiger partial charge is 0.371 e. The van der Waals surface area contributed by atoms with Gasteiger partial charge in [-0.2, -0.15) is 0 Å². The van der Waals surface area contributed by atoms with Crippen molar-refractivity contribution < 1.29 is 9.59 Å². The van der Waals surface area contributed by atoms with E-state index in [0.29, 0.717) is 11.3 Å². The molecule has 0 radical (unpaired) electrons. The molecule has 2 amide bonds. The Morgan fingerprint density at radius 1 is 1.12 bits per heavy atom. The van der Waals surface area contributed by atoms with Crippen molar-refractivity contribution in [3.05, 3.63) is 23.8 Å². The Hall–Kier alpha value is -1.75. The van der Waals surface area contributed by atoms with Crippen molar-refractivity contribution in [3.8, 4) is 0 Å². The van der Waals surface area contributed by atoms with Crippen LogP contribution in [-0.2, 0) is 4.79 Å². The van der Waals surface area contributed by atoms with Crippen LogP contribution in [0, 0.1) is 0 Å². The van der Waals surface area contributed by atoms with E-state index >= 15 is 0 Å². The fourth-order valence-corrected chi connectivity index (χ4v) is 3.84. The number of carbonyl (C=O) groups excluding carboxylic acids is 2. The first-order chi connectivity index (χ1) is 12.5. The fourth-order valence-electron chi connectivity index (χ4n) is 3.78. The highest BCUT2D eigenvalue weighted by Crippen LogP contribution is 2.28. The SMILES string of the molecule is C[C@H](Cl)C(=O)Nc1ccc(N2CCCC2)c(C(=O)NC2CCCCC2)c1. The Morgan fingerprint density at radius 2 is 1.81 bits per heavy atom. The Labute approximate surface area is 160 Å². The highest BCUT2D eigenvalue weighted by molar-refractivity contribution is 6.32. The Bertz CT molecular complexity index is 650. The minimum absolute atomic E-state index is 0.0474. The molecule has 5 nitrogen and oxygen atoms in total. The van der Waals surface area contributed by atoms with Crippen molar-refractivity contribution in [2.24, 2.45) is 0 Å². The van der Waals surface area contributed by atoms with Crippen molar-refractivity contribution in [3.63, 3.8) is 0 Å². The zero-order valence-corrected chi connectivity index (χ0v) is 16.1. The summed E-state index contributed by atoms with van der Waals surface area (Å²) in [6.45, 7) is 3.56. The van der Waals surface area contributed by atoms with Gasteiger partial charge in [-0.25, -0.2) is 0 Å². The zero-order chi connectivity index (χ0) is 18.5. The number of benzene rings is 1. The summed E-state index contributed by atoms with van der Waals surface area (Å²) < 4.78 is 0. The van der Waals surface area contributed by atoms with Crippen molar-refractivity contribution in [1.29, 1.82) is 0 Å². The third-order valence-corrected chi connectivity index (χ3v) is 5.46. The van der Waals surface area contributed by atoms with E-state index in [1.807, 2.05) is 12.1 Å². The summed E-state index contributed by atoms with van der Waals surface area (Å²) >= 11 is 5.84. The third-order valence-electron chi connectivity index (χ3n) is 5.26. The average Bonchev–Trinajstić information content (AvgIpc) is 3.17. The molecule has 1 aromatic carbocycles. The van der Waals surface area contributed by atoms with Gasteiger partial charge < -0.3 is 15.5 Å². The molecule has 3 rings (SSSR count). The van der Waals surface area contributed by atoms with E-state index in [0.717, 1.165) is 44.5 Å². The monoisotopic (exact) mass is 377 g/mol. The molecule has 1 saturated heterocycles. The van der Waals surface area contributed by atoms with Gasteiger partial charge in [0.2, 0.25) is 5.91 Å². The normalized spacial score (nSPS) is 19.2. The number of rotatable bonds is 5. The van der Waals surface area contributed by atoms with Gasteiger partial charge in [0.1, 0.15) is 5.38 Å². The quantitative estimate of drug-likeness (QED) is 0.764. The van der Waals surface area contributed by atoms with Gasteiger partial charge in [0.25, 0.3) is 5.91 Å². The molecule has 142 valence electrons. The van der Waals surface area contributed by atoms with Crippen LogP contribution in [0.5, 0.6) is 0 Å². The zero-order valence-electron chi connectivity index (χ0n) is 15.4. The lowest BCUT2D eigenvalue weighted by Crippen LogP contribution is -2.37. The van der Waals surface area contributed by atoms with Crippen LogP contribution in [0.15, 0.2) is 18.2 Å². The molecule has 26 heavy (non-hydrogen) atoms. The summed E-state index contributed by atoms with van der Waals surface area (Å²) in [6, 6.07) is 5.82. The van der Waals surface area contributed by atoms with Gasteiger partial charge in [0.15, 0.2) is 0 Å². The maximum absolute atomic E-state index is 13.0. The maximum atomic E-state index is 13.0.